The molecule has 2 N–H and O–H groups in total. The first kappa shape index (κ1) is 32.9. The number of amidine groups is 1. The Balaban J connectivity index is 0.980. The molecule has 12 rings (SSSR count). The van der Waals surface area contributed by atoms with E-state index in [2.05, 4.69) is 191 Å². The van der Waals surface area contributed by atoms with Crippen LogP contribution >= 0.6 is 22.7 Å². The Morgan fingerprint density at radius 2 is 1.30 bits per heavy atom. The van der Waals surface area contributed by atoms with Crippen LogP contribution < -0.4 is 20.4 Å². The van der Waals surface area contributed by atoms with Crippen molar-refractivity contribution in [3.8, 4) is 16.8 Å². The third-order valence-electron chi connectivity index (χ3n) is 11.8. The summed E-state index contributed by atoms with van der Waals surface area (Å²) in [7, 11) is 0. The predicted octanol–water partition coefficient (Wildman–Crippen LogP) is 11.6. The largest absolute Gasteiger partial charge is 0.354 e. The second-order valence-electron chi connectivity index (χ2n) is 15.1. The highest BCUT2D eigenvalue weighted by Crippen LogP contribution is 2.44. The standard InChI is InChI=1S/C51H36N4S2/c1-3-13-31(14-4-1)49-52-50(32-15-5-2-6-16-32)54-51(53-49)34-26-28-45-40(30-34)39-29-33(25-27-44(39)56-45)35-19-11-20-38-47-43(23-12-24-46(47)57-48(35)38)55-41-21-9-7-17-36(41)37-18-8-10-22-42(37)55/h1-25,27-30,34,49-50,52H,26H2,(H,53,54). The zero-order chi connectivity index (χ0) is 37.5. The minimum absolute atomic E-state index is 0.0400. The number of fused-ring (bicyclic) bond motifs is 9. The molecule has 2 aliphatic rings. The molecule has 1 aliphatic heterocycles. The monoisotopic (exact) mass is 768 g/mol. The highest BCUT2D eigenvalue weighted by molar-refractivity contribution is 7.26. The zero-order valence-corrected chi connectivity index (χ0v) is 32.5. The summed E-state index contributed by atoms with van der Waals surface area (Å²) in [6.45, 7) is 0. The maximum Gasteiger partial charge on any atom is 0.129 e. The van der Waals surface area contributed by atoms with Gasteiger partial charge in [0.25, 0.3) is 0 Å². The van der Waals surface area contributed by atoms with Crippen LogP contribution in [0.5, 0.6) is 0 Å². The van der Waals surface area contributed by atoms with Crippen molar-refractivity contribution >= 4 is 92.7 Å². The third-order valence-corrected chi connectivity index (χ3v) is 14.2. The maximum atomic E-state index is 5.31. The quantitative estimate of drug-likeness (QED) is 0.183. The van der Waals surface area contributed by atoms with Crippen molar-refractivity contribution < 1.29 is 0 Å². The molecule has 0 amide bonds. The number of nitrogens with one attached hydrogen (secondary N) is 2. The van der Waals surface area contributed by atoms with Crippen LogP contribution in [0.4, 0.5) is 0 Å². The number of benzene rings is 7. The molecule has 57 heavy (non-hydrogen) atoms. The lowest BCUT2D eigenvalue weighted by Gasteiger charge is -2.34. The smallest absolute Gasteiger partial charge is 0.129 e. The summed E-state index contributed by atoms with van der Waals surface area (Å²) in [5.74, 6) is 1.17. The van der Waals surface area contributed by atoms with Crippen LogP contribution in [0, 0.1) is 5.92 Å². The normalized spacial score (nSPS) is 18.0. The number of nitrogens with zero attached hydrogens (tertiary/aromatic N) is 2. The van der Waals surface area contributed by atoms with Crippen molar-refractivity contribution in [2.75, 3.05) is 0 Å². The Hall–Kier alpha value is -6.31. The number of aliphatic imine (C=N–C) groups is 1. The Labute approximate surface area is 337 Å². The van der Waals surface area contributed by atoms with E-state index in [4.69, 9.17) is 4.99 Å². The molecule has 0 radical (unpaired) electrons. The molecule has 3 atom stereocenters. The Bertz CT molecular complexity index is 3300. The van der Waals surface area contributed by atoms with E-state index in [-0.39, 0.29) is 18.2 Å². The van der Waals surface area contributed by atoms with Crippen LogP contribution in [0.15, 0.2) is 169 Å². The van der Waals surface area contributed by atoms with Crippen LogP contribution in [0.3, 0.4) is 0 Å². The fourth-order valence-electron chi connectivity index (χ4n) is 9.14. The van der Waals surface area contributed by atoms with Crippen LogP contribution in [0.1, 0.15) is 29.9 Å². The van der Waals surface area contributed by atoms with Gasteiger partial charge in [-0.15, -0.1) is 22.7 Å². The number of hydrogen-bond donors (Lipinski definition) is 2. The summed E-state index contributed by atoms with van der Waals surface area (Å²) in [6, 6.07) is 59.5. The van der Waals surface area contributed by atoms with Crippen LogP contribution in [0.2, 0.25) is 0 Å². The molecule has 6 heteroatoms. The van der Waals surface area contributed by atoms with E-state index in [0.29, 0.717) is 0 Å². The summed E-state index contributed by atoms with van der Waals surface area (Å²) in [4.78, 5) is 5.31. The van der Waals surface area contributed by atoms with E-state index >= 15 is 0 Å². The molecule has 0 bridgehead atoms. The average Bonchev–Trinajstić information content (AvgIpc) is 3.96. The number of rotatable bonds is 5. The van der Waals surface area contributed by atoms with Crippen molar-refractivity contribution in [1.29, 1.82) is 0 Å². The fraction of sp³-hybridized carbons (Fsp3) is 0.0784. The van der Waals surface area contributed by atoms with Gasteiger partial charge in [-0.25, -0.2) is 4.99 Å². The lowest BCUT2D eigenvalue weighted by Crippen LogP contribution is -2.47. The van der Waals surface area contributed by atoms with Gasteiger partial charge in [0, 0.05) is 51.5 Å². The Kier molecular flexibility index (Phi) is 7.58. The third kappa shape index (κ3) is 5.32. The molecule has 3 unspecified atom stereocenters. The van der Waals surface area contributed by atoms with E-state index in [1.54, 1.807) is 0 Å². The minimum Gasteiger partial charge on any atom is -0.354 e. The van der Waals surface area contributed by atoms with Gasteiger partial charge >= 0.3 is 0 Å². The number of thiophene rings is 2. The Morgan fingerprint density at radius 3 is 2.09 bits per heavy atom. The maximum absolute atomic E-state index is 5.31. The van der Waals surface area contributed by atoms with Gasteiger partial charge in [-0.1, -0.05) is 140 Å². The molecule has 0 saturated carbocycles. The summed E-state index contributed by atoms with van der Waals surface area (Å²) in [5, 5.41) is 15.4. The van der Waals surface area contributed by atoms with Crippen LogP contribution in [-0.4, -0.2) is 10.4 Å². The molecule has 0 spiro atoms. The molecule has 3 aromatic heterocycles. The molecule has 1 aliphatic carbocycles. The number of para-hydroxylation sites is 2. The molecule has 10 aromatic rings. The van der Waals surface area contributed by atoms with Crippen molar-refractivity contribution in [2.45, 2.75) is 18.8 Å². The molecule has 7 aromatic carbocycles. The van der Waals surface area contributed by atoms with E-state index in [0.717, 1.165) is 12.3 Å². The van der Waals surface area contributed by atoms with Gasteiger partial charge in [0.2, 0.25) is 0 Å². The van der Waals surface area contributed by atoms with Gasteiger partial charge < -0.3 is 9.88 Å². The van der Waals surface area contributed by atoms with Gasteiger partial charge in [0.1, 0.15) is 18.2 Å². The lowest BCUT2D eigenvalue weighted by atomic mass is 9.95. The highest BCUT2D eigenvalue weighted by atomic mass is 32.1. The lowest BCUT2D eigenvalue weighted by molar-refractivity contribution is 0.401. The van der Waals surface area contributed by atoms with Crippen LogP contribution in [0.25, 0.3) is 81.0 Å². The molecule has 0 fully saturated rings. The zero-order valence-electron chi connectivity index (χ0n) is 30.9. The molecule has 272 valence electrons. The first-order valence-corrected chi connectivity index (χ1v) is 21.3. The van der Waals surface area contributed by atoms with Crippen molar-refractivity contribution in [3.05, 3.63) is 185 Å². The predicted molar refractivity (Wildman–Crippen MR) is 243 cm³/mol. The van der Waals surface area contributed by atoms with Gasteiger partial charge in [0.05, 0.1) is 16.7 Å². The average molecular weight is 769 g/mol. The van der Waals surface area contributed by atoms with Crippen LogP contribution in [-0.2, 0) is 0 Å². The topological polar surface area (TPSA) is 41.4 Å². The number of hydrogen-bond acceptors (Lipinski definition) is 5. The van der Waals surface area contributed by atoms with E-state index < -0.39 is 0 Å². The van der Waals surface area contributed by atoms with Crippen molar-refractivity contribution in [3.63, 3.8) is 0 Å². The molecular weight excluding hydrogens is 733 g/mol. The second kappa shape index (κ2) is 13.1. The molecular formula is C51H36N4S2. The molecule has 4 heterocycles. The summed E-state index contributed by atoms with van der Waals surface area (Å²) < 4.78 is 7.75. The Morgan fingerprint density at radius 1 is 0.596 bits per heavy atom. The van der Waals surface area contributed by atoms with E-state index in [1.807, 2.05) is 22.7 Å². The van der Waals surface area contributed by atoms with Crippen molar-refractivity contribution in [1.82, 2.24) is 15.2 Å². The summed E-state index contributed by atoms with van der Waals surface area (Å²) in [6.07, 6.45) is 5.63. The van der Waals surface area contributed by atoms with Gasteiger partial charge in [-0.3, -0.25) is 5.32 Å². The first-order valence-electron chi connectivity index (χ1n) is 19.6. The summed E-state index contributed by atoms with van der Waals surface area (Å²) >= 11 is 3.80. The van der Waals surface area contributed by atoms with Gasteiger partial charge in [-0.05, 0) is 70.3 Å². The molecule has 4 nitrogen and oxygen atoms in total. The van der Waals surface area contributed by atoms with Gasteiger partial charge in [0.15, 0.2) is 0 Å². The highest BCUT2D eigenvalue weighted by Gasteiger charge is 2.28. The minimum atomic E-state index is -0.134. The van der Waals surface area contributed by atoms with E-state index in [9.17, 15) is 0 Å². The van der Waals surface area contributed by atoms with E-state index in [1.165, 1.54) is 89.8 Å². The first-order chi connectivity index (χ1) is 28.2. The SMILES string of the molecule is C1=c2sc3ccc(-c4cccc5c4sc4cccc(-n6c7ccccc7c7ccccc76)c45)cc3c2=CC(C2=NC(c3ccccc3)NC(c3ccccc3)N2)C1. The second-order valence-corrected chi connectivity index (χ2v) is 17.2. The molecule has 0 saturated heterocycles. The van der Waals surface area contributed by atoms with Crippen molar-refractivity contribution in [2.24, 2.45) is 10.9 Å². The van der Waals surface area contributed by atoms with Gasteiger partial charge in [-0.2, -0.15) is 0 Å². The summed E-state index contributed by atoms with van der Waals surface area (Å²) in [5.41, 5.74) is 8.59. The fourth-order valence-corrected chi connectivity index (χ4v) is 11.5. The number of aromatic nitrogens is 1.